The van der Waals surface area contributed by atoms with Crippen LogP contribution in [0.1, 0.15) is 18.9 Å². The van der Waals surface area contributed by atoms with Crippen LogP contribution in [0.25, 0.3) is 22.0 Å². The summed E-state index contributed by atoms with van der Waals surface area (Å²) in [7, 11) is 0. The van der Waals surface area contributed by atoms with E-state index in [9.17, 15) is 5.11 Å². The molecule has 5 heteroatoms. The van der Waals surface area contributed by atoms with Crippen molar-refractivity contribution in [2.24, 2.45) is 0 Å². The molecule has 0 spiro atoms. The molecular weight excluding hydrogens is 318 g/mol. The predicted octanol–water partition coefficient (Wildman–Crippen LogP) is 4.99. The molecule has 0 amide bonds. The van der Waals surface area contributed by atoms with Crippen LogP contribution in [-0.2, 0) is 6.54 Å². The summed E-state index contributed by atoms with van der Waals surface area (Å²) < 4.78 is 5.51. The number of aromatic hydroxyl groups is 1. The van der Waals surface area contributed by atoms with Gasteiger partial charge in [0.2, 0.25) is 0 Å². The normalized spacial score (nSPS) is 10.7. The van der Waals surface area contributed by atoms with Gasteiger partial charge in [-0.2, -0.15) is 5.26 Å². The lowest BCUT2D eigenvalue weighted by Crippen LogP contribution is -1.94. The minimum Gasteiger partial charge on any atom is -0.507 e. The Morgan fingerprint density at radius 1 is 1.25 bits per heavy atom. The van der Waals surface area contributed by atoms with Crippen LogP contribution in [-0.4, -0.2) is 15.9 Å². The lowest BCUT2D eigenvalue weighted by Gasteiger charge is -2.06. The van der Waals surface area contributed by atoms with Crippen LogP contribution in [0.3, 0.4) is 0 Å². The highest BCUT2D eigenvalue weighted by atomic mass is 32.2. The fourth-order valence-electron chi connectivity index (χ4n) is 2.92. The summed E-state index contributed by atoms with van der Waals surface area (Å²) >= 11 is 1.57. The zero-order valence-corrected chi connectivity index (χ0v) is 14.5. The van der Waals surface area contributed by atoms with Crippen molar-refractivity contribution in [3.05, 3.63) is 48.2 Å². The van der Waals surface area contributed by atoms with Crippen molar-refractivity contribution in [2.45, 2.75) is 19.9 Å². The summed E-state index contributed by atoms with van der Waals surface area (Å²) in [4.78, 5) is 0. The Hall–Kier alpha value is -2.58. The van der Waals surface area contributed by atoms with Crippen molar-refractivity contribution in [1.29, 1.82) is 5.26 Å². The predicted molar refractivity (Wildman–Crippen MR) is 101 cm³/mol. The van der Waals surface area contributed by atoms with E-state index >= 15 is 0 Å². The highest BCUT2D eigenvalue weighted by molar-refractivity contribution is 7.99. The summed E-state index contributed by atoms with van der Waals surface area (Å²) in [6.45, 7) is 3.09. The van der Waals surface area contributed by atoms with Crippen molar-refractivity contribution in [3.8, 4) is 22.9 Å². The summed E-state index contributed by atoms with van der Waals surface area (Å²) in [5.74, 6) is 0.0204. The smallest absolute Gasteiger partial charge is 0.133 e. The standard InChI is InChI=1S/C19H19N3OS/c1-3-8-22-12-17(13-4-5-14(11-20)19(23)9-13)16-7-6-15(21-24-2)10-18(16)22/h4-7,9-10,12,21,23H,3,8H2,1-2H3. The molecule has 2 N–H and O–H groups in total. The molecule has 3 aromatic rings. The van der Waals surface area contributed by atoms with Gasteiger partial charge in [0.05, 0.1) is 11.1 Å². The first-order valence-electron chi connectivity index (χ1n) is 7.83. The van der Waals surface area contributed by atoms with E-state index in [4.69, 9.17) is 5.26 Å². The largest absolute Gasteiger partial charge is 0.507 e. The first kappa shape index (κ1) is 16.3. The van der Waals surface area contributed by atoms with E-state index < -0.39 is 0 Å². The number of hydrogen-bond acceptors (Lipinski definition) is 4. The Bertz CT molecular complexity index is 924. The summed E-state index contributed by atoms with van der Waals surface area (Å²) in [6.07, 6.45) is 5.17. The van der Waals surface area contributed by atoms with Gasteiger partial charge in [-0.05, 0) is 36.2 Å². The second-order valence-electron chi connectivity index (χ2n) is 5.62. The Morgan fingerprint density at radius 2 is 2.08 bits per heavy atom. The Labute approximate surface area is 145 Å². The van der Waals surface area contributed by atoms with Crippen LogP contribution >= 0.6 is 11.9 Å². The summed E-state index contributed by atoms with van der Waals surface area (Å²) in [5, 5.41) is 20.1. The molecule has 0 unspecified atom stereocenters. The summed E-state index contributed by atoms with van der Waals surface area (Å²) in [5.41, 5.74) is 4.50. The Morgan fingerprint density at radius 3 is 2.75 bits per heavy atom. The number of hydrogen-bond donors (Lipinski definition) is 2. The number of anilines is 1. The van der Waals surface area contributed by atoms with Crippen molar-refractivity contribution < 1.29 is 5.11 Å². The number of nitrogens with zero attached hydrogens (tertiary/aromatic N) is 2. The number of phenolic OH excluding ortho intramolecular Hbond substituents is 1. The second kappa shape index (κ2) is 6.90. The molecule has 0 aliphatic rings. The lowest BCUT2D eigenvalue weighted by molar-refractivity contribution is 0.474. The minimum atomic E-state index is 0.0204. The fraction of sp³-hybridized carbons (Fsp3) is 0.211. The van der Waals surface area contributed by atoms with E-state index in [2.05, 4.69) is 40.6 Å². The molecule has 0 saturated heterocycles. The van der Waals surface area contributed by atoms with Gasteiger partial charge in [-0.15, -0.1) is 0 Å². The molecule has 4 nitrogen and oxygen atoms in total. The van der Waals surface area contributed by atoms with Gasteiger partial charge in [-0.3, -0.25) is 0 Å². The van der Waals surface area contributed by atoms with Gasteiger partial charge in [-0.25, -0.2) is 0 Å². The second-order valence-corrected chi connectivity index (χ2v) is 6.23. The maximum atomic E-state index is 10.0. The maximum absolute atomic E-state index is 10.0. The average molecular weight is 337 g/mol. The average Bonchev–Trinajstić information content (AvgIpc) is 2.94. The molecule has 1 aromatic heterocycles. The third kappa shape index (κ3) is 2.93. The molecule has 24 heavy (non-hydrogen) atoms. The van der Waals surface area contributed by atoms with Crippen molar-refractivity contribution in [3.63, 3.8) is 0 Å². The molecular formula is C19H19N3OS. The number of benzene rings is 2. The molecule has 122 valence electrons. The zero-order chi connectivity index (χ0) is 17.1. The molecule has 2 aromatic carbocycles. The van der Waals surface area contributed by atoms with Gasteiger partial charge in [0.1, 0.15) is 11.8 Å². The number of aromatic nitrogens is 1. The van der Waals surface area contributed by atoms with Gasteiger partial charge in [-0.1, -0.05) is 31.0 Å². The van der Waals surface area contributed by atoms with E-state index in [1.165, 1.54) is 0 Å². The number of phenols is 1. The van der Waals surface area contributed by atoms with Crippen LogP contribution in [0, 0.1) is 11.3 Å². The van der Waals surface area contributed by atoms with Gasteiger partial charge in [0, 0.05) is 35.6 Å². The molecule has 0 radical (unpaired) electrons. The van der Waals surface area contributed by atoms with E-state index in [1.807, 2.05) is 18.4 Å². The highest BCUT2D eigenvalue weighted by Gasteiger charge is 2.12. The molecule has 0 bridgehead atoms. The molecule has 0 fully saturated rings. The fourth-order valence-corrected chi connectivity index (χ4v) is 3.29. The Kier molecular flexibility index (Phi) is 4.68. The molecule has 0 atom stereocenters. The van der Waals surface area contributed by atoms with Crippen LogP contribution in [0.2, 0.25) is 0 Å². The van der Waals surface area contributed by atoms with Gasteiger partial charge in [0.25, 0.3) is 0 Å². The number of rotatable bonds is 5. The highest BCUT2D eigenvalue weighted by Crippen LogP contribution is 2.35. The number of fused-ring (bicyclic) bond motifs is 1. The van der Waals surface area contributed by atoms with Crippen LogP contribution < -0.4 is 4.72 Å². The topological polar surface area (TPSA) is 61.0 Å². The SMILES string of the molecule is CCCn1cc(-c2ccc(C#N)c(O)c2)c2ccc(NSC)cc21. The van der Waals surface area contributed by atoms with E-state index in [0.29, 0.717) is 5.56 Å². The molecule has 0 saturated carbocycles. The van der Waals surface area contributed by atoms with Gasteiger partial charge in [0.15, 0.2) is 0 Å². The first-order chi connectivity index (χ1) is 11.7. The van der Waals surface area contributed by atoms with E-state index in [0.717, 1.165) is 40.7 Å². The number of nitriles is 1. The van der Waals surface area contributed by atoms with E-state index in [-0.39, 0.29) is 5.75 Å². The third-order valence-corrected chi connectivity index (χ3v) is 4.44. The maximum Gasteiger partial charge on any atom is 0.133 e. The minimum absolute atomic E-state index is 0.0204. The number of nitrogens with one attached hydrogen (secondary N) is 1. The number of aryl methyl sites for hydroxylation is 1. The van der Waals surface area contributed by atoms with E-state index in [1.54, 1.807) is 24.1 Å². The Balaban J connectivity index is 2.17. The molecule has 1 heterocycles. The lowest BCUT2D eigenvalue weighted by atomic mass is 10.0. The van der Waals surface area contributed by atoms with Crippen molar-refractivity contribution in [2.75, 3.05) is 11.0 Å². The van der Waals surface area contributed by atoms with Gasteiger partial charge >= 0.3 is 0 Å². The molecule has 0 aliphatic carbocycles. The molecule has 0 aliphatic heterocycles. The molecule has 3 rings (SSSR count). The quantitative estimate of drug-likeness (QED) is 0.644. The monoisotopic (exact) mass is 337 g/mol. The van der Waals surface area contributed by atoms with Crippen LogP contribution in [0.15, 0.2) is 42.6 Å². The third-order valence-electron chi connectivity index (χ3n) is 4.00. The summed E-state index contributed by atoms with van der Waals surface area (Å²) in [6, 6.07) is 13.5. The van der Waals surface area contributed by atoms with Crippen LogP contribution in [0.5, 0.6) is 5.75 Å². The van der Waals surface area contributed by atoms with Crippen molar-refractivity contribution in [1.82, 2.24) is 4.57 Å². The van der Waals surface area contributed by atoms with Gasteiger partial charge < -0.3 is 14.4 Å². The van der Waals surface area contributed by atoms with Crippen molar-refractivity contribution >= 4 is 28.5 Å². The first-order valence-corrected chi connectivity index (χ1v) is 9.05. The van der Waals surface area contributed by atoms with Crippen LogP contribution in [0.4, 0.5) is 5.69 Å². The zero-order valence-electron chi connectivity index (χ0n) is 13.7.